The minimum atomic E-state index is -0.428. The summed E-state index contributed by atoms with van der Waals surface area (Å²) in [5, 5.41) is 16.1. The molecule has 0 saturated heterocycles. The number of carbonyl (C=O) groups is 1. The van der Waals surface area contributed by atoms with Gasteiger partial charge in [-0.15, -0.1) is 0 Å². The van der Waals surface area contributed by atoms with E-state index in [1.807, 2.05) is 14.1 Å². The van der Waals surface area contributed by atoms with E-state index in [0.29, 0.717) is 12.1 Å². The molecule has 1 rings (SSSR count). The predicted octanol–water partition coefficient (Wildman–Crippen LogP) is -0.109. The molecule has 0 unspecified atom stereocenters. The summed E-state index contributed by atoms with van der Waals surface area (Å²) in [7, 11) is 6.42. The van der Waals surface area contributed by atoms with E-state index in [2.05, 4.69) is 39.7 Å². The van der Waals surface area contributed by atoms with E-state index in [-0.39, 0.29) is 51.9 Å². The average Bonchev–Trinajstić information content (AvgIpc) is 2.73. The third-order valence-electron chi connectivity index (χ3n) is 3.64. The van der Waals surface area contributed by atoms with Gasteiger partial charge in [0.25, 0.3) is 0 Å². The molecular formula is C21H45N7O3Y. The van der Waals surface area contributed by atoms with Gasteiger partial charge in [0.15, 0.2) is 0 Å². The van der Waals surface area contributed by atoms with Crippen molar-refractivity contribution in [3.63, 3.8) is 0 Å². The fourth-order valence-electron chi connectivity index (χ4n) is 2.14. The smallest absolute Gasteiger partial charge is 0.349 e. The van der Waals surface area contributed by atoms with Gasteiger partial charge < -0.3 is 31.4 Å². The Kier molecular flexibility index (Phi) is 31.1. The number of nitrogens with one attached hydrogen (secondary N) is 3. The number of nitrogens with two attached hydrogens (primary N) is 1. The van der Waals surface area contributed by atoms with Crippen LogP contribution in [0.3, 0.4) is 0 Å². The van der Waals surface area contributed by atoms with E-state index >= 15 is 0 Å². The fourth-order valence-corrected chi connectivity index (χ4v) is 2.14. The van der Waals surface area contributed by atoms with Crippen molar-refractivity contribution in [3.8, 4) is 0 Å². The van der Waals surface area contributed by atoms with Crippen LogP contribution in [-0.2, 0) is 44.6 Å². The zero-order valence-electron chi connectivity index (χ0n) is 19.9. The number of likely N-dealkylation sites (N-methyl/N-ethyl adjacent to an activating group) is 2. The molecule has 11 heteroatoms. The molecule has 0 fully saturated rings. The standard InChI is InChI=1S/C16H29N7O2.C3H8.CH4O.CH4.Y/c1-18-6-9-23(10-7-19-2)11-8-20-14(24)5-4-13-12-22(3)16(25)21-15(13)17;1-3-2;1-2;;/h4-5,12,18-19H,6-11H2,1-3H3,(H,20,24)(H2,17,21,25);3H2,1-2H3;2H,1H3;1H4;/b5-4+;;;;. The van der Waals surface area contributed by atoms with Gasteiger partial charge in [-0.05, 0) is 20.2 Å². The van der Waals surface area contributed by atoms with E-state index in [4.69, 9.17) is 10.8 Å². The van der Waals surface area contributed by atoms with Gasteiger partial charge in [-0.3, -0.25) is 9.69 Å². The molecule has 1 radical (unpaired) electrons. The Morgan fingerprint density at radius 2 is 1.62 bits per heavy atom. The molecule has 185 valence electrons. The molecule has 10 nitrogen and oxygen atoms in total. The Morgan fingerprint density at radius 3 is 2.09 bits per heavy atom. The maximum Gasteiger partial charge on any atom is 0.349 e. The molecule has 6 N–H and O–H groups in total. The number of rotatable bonds is 11. The van der Waals surface area contributed by atoms with Gasteiger partial charge in [0.05, 0.1) is 0 Å². The van der Waals surface area contributed by atoms with Gasteiger partial charge in [-0.2, -0.15) is 4.98 Å². The largest absolute Gasteiger partial charge is 0.400 e. The van der Waals surface area contributed by atoms with Crippen molar-refractivity contribution in [2.45, 2.75) is 27.7 Å². The Labute approximate surface area is 219 Å². The van der Waals surface area contributed by atoms with Crippen LogP contribution in [0.25, 0.3) is 6.08 Å². The molecule has 32 heavy (non-hydrogen) atoms. The molecule has 1 aromatic heterocycles. The maximum absolute atomic E-state index is 11.9. The molecule has 0 saturated carbocycles. The van der Waals surface area contributed by atoms with Gasteiger partial charge in [-0.25, -0.2) is 4.79 Å². The van der Waals surface area contributed by atoms with E-state index in [1.165, 1.54) is 17.1 Å². The quantitative estimate of drug-likeness (QED) is 0.249. The van der Waals surface area contributed by atoms with Gasteiger partial charge in [0, 0.05) is 104 Å². The van der Waals surface area contributed by atoms with Gasteiger partial charge in [-0.1, -0.05) is 27.7 Å². The average molecular weight is 533 g/mol. The van der Waals surface area contributed by atoms with E-state index in [0.717, 1.165) is 39.8 Å². The summed E-state index contributed by atoms with van der Waals surface area (Å²) in [5.41, 5.74) is 5.78. The number of aliphatic hydroxyl groups is 1. The molecule has 0 aliphatic rings. The molecule has 1 aromatic rings. The van der Waals surface area contributed by atoms with Gasteiger partial charge in [0.1, 0.15) is 5.82 Å². The molecule has 0 bridgehead atoms. The topological polar surface area (TPSA) is 138 Å². The third kappa shape index (κ3) is 19.5. The molecule has 0 spiro atoms. The Morgan fingerprint density at radius 1 is 1.16 bits per heavy atom. The van der Waals surface area contributed by atoms with Crippen LogP contribution < -0.4 is 27.4 Å². The summed E-state index contributed by atoms with van der Waals surface area (Å²) in [6.45, 7) is 9.21. The number of anilines is 1. The summed E-state index contributed by atoms with van der Waals surface area (Å²) in [6.07, 6.45) is 5.74. The number of amides is 1. The zero-order valence-corrected chi connectivity index (χ0v) is 22.8. The zero-order chi connectivity index (χ0) is 23.4. The van der Waals surface area contributed by atoms with Crippen LogP contribution in [0.5, 0.6) is 0 Å². The second-order valence-corrected chi connectivity index (χ2v) is 6.36. The molecule has 1 heterocycles. The number of aryl methyl sites for hydroxylation is 1. The Hall–Kier alpha value is -1.17. The molecular weight excluding hydrogens is 487 g/mol. The van der Waals surface area contributed by atoms with Gasteiger partial charge >= 0.3 is 5.69 Å². The Balaban J connectivity index is -0.000000514. The monoisotopic (exact) mass is 532 g/mol. The fraction of sp³-hybridized carbons (Fsp3) is 0.667. The minimum absolute atomic E-state index is 0. The van der Waals surface area contributed by atoms with Crippen LogP contribution in [0.4, 0.5) is 5.82 Å². The van der Waals surface area contributed by atoms with Crippen molar-refractivity contribution in [1.29, 1.82) is 0 Å². The first-order valence-electron chi connectivity index (χ1n) is 10.1. The second-order valence-electron chi connectivity index (χ2n) is 6.36. The first kappa shape index (κ1) is 38.1. The Bertz CT molecular complexity index is 647. The summed E-state index contributed by atoms with van der Waals surface area (Å²) in [4.78, 5) is 29.2. The second kappa shape index (κ2) is 26.1. The molecule has 0 atom stereocenters. The summed E-state index contributed by atoms with van der Waals surface area (Å²) in [6, 6.07) is 0. The number of nitrogens with zero attached hydrogens (tertiary/aromatic N) is 3. The number of aromatic nitrogens is 2. The van der Waals surface area contributed by atoms with Crippen LogP contribution in [-0.4, -0.2) is 85.9 Å². The van der Waals surface area contributed by atoms with Crippen molar-refractivity contribution in [3.05, 3.63) is 28.3 Å². The normalized spacial score (nSPS) is 9.62. The summed E-state index contributed by atoms with van der Waals surface area (Å²) in [5.74, 6) is -0.104. The van der Waals surface area contributed by atoms with Crippen LogP contribution in [0, 0.1) is 0 Å². The van der Waals surface area contributed by atoms with Crippen LogP contribution >= 0.6 is 0 Å². The minimum Gasteiger partial charge on any atom is -0.400 e. The summed E-state index contributed by atoms with van der Waals surface area (Å²) >= 11 is 0. The van der Waals surface area contributed by atoms with E-state index in [9.17, 15) is 9.59 Å². The third-order valence-corrected chi connectivity index (χ3v) is 3.64. The number of carbonyl (C=O) groups excluding carboxylic acids is 1. The first-order chi connectivity index (χ1) is 14.4. The van der Waals surface area contributed by atoms with Crippen molar-refractivity contribution < 1.29 is 42.6 Å². The van der Waals surface area contributed by atoms with Crippen LogP contribution in [0.15, 0.2) is 17.1 Å². The number of hydrogen-bond donors (Lipinski definition) is 5. The molecule has 1 amide bonds. The maximum atomic E-state index is 11.9. The SMILES string of the molecule is C.CCC.CNCCN(CCNC)CCNC(=O)/C=C/c1cn(C)c(=O)nc1N.CO.[Y]. The number of aliphatic hydroxyl groups excluding tert-OH is 1. The molecule has 0 aliphatic heterocycles. The first-order valence-corrected chi connectivity index (χ1v) is 10.1. The van der Waals surface area contributed by atoms with E-state index in [1.54, 1.807) is 19.3 Å². The van der Waals surface area contributed by atoms with Crippen molar-refractivity contribution >= 4 is 17.8 Å². The van der Waals surface area contributed by atoms with Crippen LogP contribution in [0.2, 0.25) is 0 Å². The van der Waals surface area contributed by atoms with Crippen molar-refractivity contribution in [2.75, 3.05) is 66.2 Å². The van der Waals surface area contributed by atoms with Gasteiger partial charge in [0.2, 0.25) is 5.91 Å². The van der Waals surface area contributed by atoms with E-state index < -0.39 is 5.69 Å². The van der Waals surface area contributed by atoms with Crippen molar-refractivity contribution in [2.24, 2.45) is 7.05 Å². The number of hydrogen-bond acceptors (Lipinski definition) is 8. The van der Waals surface area contributed by atoms with Crippen LogP contribution in [0.1, 0.15) is 33.3 Å². The summed E-state index contributed by atoms with van der Waals surface area (Å²) < 4.78 is 1.31. The predicted molar refractivity (Wildman–Crippen MR) is 131 cm³/mol. The van der Waals surface area contributed by atoms with Crippen molar-refractivity contribution in [1.82, 2.24) is 30.4 Å². The molecule has 0 aliphatic carbocycles. The molecule has 0 aromatic carbocycles. The number of nitrogen functional groups attached to an aromatic ring is 1.